The predicted molar refractivity (Wildman–Crippen MR) is 91.1 cm³/mol. The predicted octanol–water partition coefficient (Wildman–Crippen LogP) is 3.39. The van der Waals surface area contributed by atoms with Crippen molar-refractivity contribution in [3.05, 3.63) is 21.9 Å². The van der Waals surface area contributed by atoms with E-state index in [1.54, 1.807) is 0 Å². The van der Waals surface area contributed by atoms with Gasteiger partial charge in [0.15, 0.2) is 0 Å². The van der Waals surface area contributed by atoms with Gasteiger partial charge in [-0.15, -0.1) is 11.3 Å². The number of aliphatic hydroxyl groups excluding tert-OH is 1. The van der Waals surface area contributed by atoms with Crippen LogP contribution in [0.15, 0.2) is 12.1 Å². The second kappa shape index (κ2) is 10.3. The molecule has 0 amide bonds. The van der Waals surface area contributed by atoms with Crippen molar-refractivity contribution in [2.45, 2.75) is 59.1 Å². The number of hydrogen-bond acceptors (Lipinski definition) is 4. The van der Waals surface area contributed by atoms with Crippen molar-refractivity contribution >= 4 is 11.3 Å². The van der Waals surface area contributed by atoms with Crippen LogP contribution in [0, 0.1) is 12.8 Å². The van der Waals surface area contributed by atoms with Crippen LogP contribution < -0.4 is 5.32 Å². The first-order chi connectivity index (χ1) is 9.97. The molecular weight excluding hydrogens is 282 g/mol. The van der Waals surface area contributed by atoms with Crippen LogP contribution >= 0.6 is 11.3 Å². The van der Waals surface area contributed by atoms with Crippen molar-refractivity contribution in [3.63, 3.8) is 0 Å². The highest BCUT2D eigenvalue weighted by Crippen LogP contribution is 2.16. The Morgan fingerprint density at radius 2 is 2.05 bits per heavy atom. The van der Waals surface area contributed by atoms with E-state index in [0.29, 0.717) is 19.2 Å². The minimum Gasteiger partial charge on any atom is -0.389 e. The number of thiophene rings is 1. The van der Waals surface area contributed by atoms with Crippen LogP contribution in [0.4, 0.5) is 0 Å². The molecule has 1 rings (SSSR count). The molecule has 1 heterocycles. The van der Waals surface area contributed by atoms with Gasteiger partial charge >= 0.3 is 0 Å². The summed E-state index contributed by atoms with van der Waals surface area (Å²) in [7, 11) is 0. The molecule has 0 spiro atoms. The fourth-order valence-corrected chi connectivity index (χ4v) is 3.20. The van der Waals surface area contributed by atoms with Gasteiger partial charge in [-0.3, -0.25) is 0 Å². The highest BCUT2D eigenvalue weighted by molar-refractivity contribution is 7.11. The van der Waals surface area contributed by atoms with Crippen molar-refractivity contribution in [1.82, 2.24) is 5.32 Å². The molecule has 0 aromatic carbocycles. The molecule has 0 radical (unpaired) electrons. The van der Waals surface area contributed by atoms with Gasteiger partial charge in [-0.05, 0) is 51.2 Å². The summed E-state index contributed by atoms with van der Waals surface area (Å²) in [6, 6.07) is 4.72. The van der Waals surface area contributed by atoms with E-state index in [1.165, 1.54) is 16.2 Å². The van der Waals surface area contributed by atoms with Crippen LogP contribution in [0.5, 0.6) is 0 Å². The van der Waals surface area contributed by atoms with Gasteiger partial charge in [0.1, 0.15) is 0 Å². The Labute approximate surface area is 133 Å². The zero-order valence-electron chi connectivity index (χ0n) is 13.9. The van der Waals surface area contributed by atoms with Crippen LogP contribution in [-0.2, 0) is 11.2 Å². The van der Waals surface area contributed by atoms with E-state index in [0.717, 1.165) is 25.4 Å². The molecule has 0 aliphatic carbocycles. The van der Waals surface area contributed by atoms with E-state index < -0.39 is 6.10 Å². The number of rotatable bonds is 11. The third kappa shape index (κ3) is 9.25. The molecule has 2 atom stereocenters. The summed E-state index contributed by atoms with van der Waals surface area (Å²) in [6.45, 7) is 10.5. The van der Waals surface area contributed by atoms with Crippen LogP contribution in [0.2, 0.25) is 0 Å². The summed E-state index contributed by atoms with van der Waals surface area (Å²) in [4.78, 5) is 2.75. The zero-order valence-corrected chi connectivity index (χ0v) is 14.7. The molecule has 0 aliphatic heterocycles. The van der Waals surface area contributed by atoms with Gasteiger partial charge < -0.3 is 15.2 Å². The van der Waals surface area contributed by atoms with Crippen LogP contribution in [0.25, 0.3) is 0 Å². The summed E-state index contributed by atoms with van der Waals surface area (Å²) in [6.07, 6.45) is 2.86. The van der Waals surface area contributed by atoms with Gasteiger partial charge in [-0.1, -0.05) is 13.8 Å². The molecule has 2 unspecified atom stereocenters. The van der Waals surface area contributed by atoms with Crippen LogP contribution in [0.3, 0.4) is 0 Å². The molecule has 1 aromatic rings. The Balaban J connectivity index is 2.05. The molecule has 4 heteroatoms. The van der Waals surface area contributed by atoms with Crippen LogP contribution in [-0.4, -0.2) is 37.0 Å². The molecule has 1 aromatic heterocycles. The van der Waals surface area contributed by atoms with Crippen molar-refractivity contribution in [1.29, 1.82) is 0 Å². The lowest BCUT2D eigenvalue weighted by molar-refractivity contribution is 0.0337. The average molecular weight is 314 g/mol. The van der Waals surface area contributed by atoms with Gasteiger partial charge in [0.25, 0.3) is 0 Å². The summed E-state index contributed by atoms with van der Waals surface area (Å²) >= 11 is 1.84. The third-order valence-electron chi connectivity index (χ3n) is 3.39. The Hall–Kier alpha value is -0.420. The van der Waals surface area contributed by atoms with Crippen molar-refractivity contribution in [3.8, 4) is 0 Å². The standard InChI is InChI=1S/C17H31NO2S/c1-13(2)6-5-9-20-12-16(19)11-18-14(3)10-17-8-7-15(4)21-17/h7-8,13-14,16,18-19H,5-6,9-12H2,1-4H3. The SMILES string of the molecule is Cc1ccc(CC(C)NCC(O)COCCCC(C)C)s1. The van der Waals surface area contributed by atoms with E-state index in [4.69, 9.17) is 4.74 Å². The Bertz CT molecular complexity index is 379. The molecule has 122 valence electrons. The maximum atomic E-state index is 9.89. The van der Waals surface area contributed by atoms with E-state index in [9.17, 15) is 5.11 Å². The maximum Gasteiger partial charge on any atom is 0.0897 e. The largest absolute Gasteiger partial charge is 0.389 e. The Kier molecular flexibility index (Phi) is 9.16. The van der Waals surface area contributed by atoms with Gasteiger partial charge in [0, 0.05) is 28.9 Å². The van der Waals surface area contributed by atoms with Gasteiger partial charge in [-0.2, -0.15) is 0 Å². The fraction of sp³-hybridized carbons (Fsp3) is 0.765. The number of ether oxygens (including phenoxy) is 1. The number of aryl methyl sites for hydroxylation is 1. The summed E-state index contributed by atoms with van der Waals surface area (Å²) in [5.41, 5.74) is 0. The topological polar surface area (TPSA) is 41.5 Å². The summed E-state index contributed by atoms with van der Waals surface area (Å²) < 4.78 is 5.51. The molecule has 21 heavy (non-hydrogen) atoms. The molecular formula is C17H31NO2S. The van der Waals surface area contributed by atoms with Crippen molar-refractivity contribution in [2.24, 2.45) is 5.92 Å². The van der Waals surface area contributed by atoms with Gasteiger partial charge in [-0.25, -0.2) is 0 Å². The smallest absolute Gasteiger partial charge is 0.0897 e. The lowest BCUT2D eigenvalue weighted by atomic mass is 10.1. The molecule has 0 saturated carbocycles. The Morgan fingerprint density at radius 1 is 1.29 bits per heavy atom. The van der Waals surface area contributed by atoms with E-state index in [2.05, 4.69) is 45.1 Å². The molecule has 2 N–H and O–H groups in total. The summed E-state index contributed by atoms with van der Waals surface area (Å²) in [5, 5.41) is 13.3. The second-order valence-corrected chi connectivity index (χ2v) is 7.66. The molecule has 3 nitrogen and oxygen atoms in total. The normalized spacial score (nSPS) is 14.6. The van der Waals surface area contributed by atoms with Gasteiger partial charge in [0.2, 0.25) is 0 Å². The van der Waals surface area contributed by atoms with Gasteiger partial charge in [0.05, 0.1) is 12.7 Å². The van der Waals surface area contributed by atoms with Crippen molar-refractivity contribution in [2.75, 3.05) is 19.8 Å². The third-order valence-corrected chi connectivity index (χ3v) is 4.41. The highest BCUT2D eigenvalue weighted by atomic mass is 32.1. The lowest BCUT2D eigenvalue weighted by Gasteiger charge is -2.17. The molecule has 0 saturated heterocycles. The van der Waals surface area contributed by atoms with E-state index in [-0.39, 0.29) is 0 Å². The zero-order chi connectivity index (χ0) is 15.7. The average Bonchev–Trinajstić information content (AvgIpc) is 2.81. The first kappa shape index (κ1) is 18.6. The fourth-order valence-electron chi connectivity index (χ4n) is 2.18. The number of aliphatic hydroxyl groups is 1. The lowest BCUT2D eigenvalue weighted by Crippen LogP contribution is -2.37. The molecule has 0 bridgehead atoms. The minimum atomic E-state index is -0.420. The quantitative estimate of drug-likeness (QED) is 0.615. The maximum absolute atomic E-state index is 9.89. The number of nitrogens with one attached hydrogen (secondary N) is 1. The van der Waals surface area contributed by atoms with Crippen LogP contribution in [0.1, 0.15) is 43.4 Å². The molecule has 0 aliphatic rings. The van der Waals surface area contributed by atoms with E-state index in [1.807, 2.05) is 11.3 Å². The van der Waals surface area contributed by atoms with E-state index >= 15 is 0 Å². The molecule has 0 fully saturated rings. The highest BCUT2D eigenvalue weighted by Gasteiger charge is 2.09. The monoisotopic (exact) mass is 313 g/mol. The minimum absolute atomic E-state index is 0.374. The Morgan fingerprint density at radius 3 is 2.67 bits per heavy atom. The first-order valence-corrected chi connectivity index (χ1v) is 8.83. The number of hydrogen-bond donors (Lipinski definition) is 2. The van der Waals surface area contributed by atoms with Crippen molar-refractivity contribution < 1.29 is 9.84 Å². The summed E-state index contributed by atoms with van der Waals surface area (Å²) in [5.74, 6) is 0.724. The first-order valence-electron chi connectivity index (χ1n) is 8.02. The second-order valence-electron chi connectivity index (χ2n) is 6.29.